The molecule has 19 heavy (non-hydrogen) atoms. The number of hydrogen-bond acceptors (Lipinski definition) is 3. The Hall–Kier alpha value is -1.59. The van der Waals surface area contributed by atoms with Gasteiger partial charge >= 0.3 is 0 Å². The molecule has 0 radical (unpaired) electrons. The smallest absolute Gasteiger partial charge is 0.0876 e. The normalized spacial score (nSPS) is 10.6. The van der Waals surface area contributed by atoms with Gasteiger partial charge in [-0.15, -0.1) is 11.3 Å². The molecule has 3 aromatic rings. The monoisotopic (exact) mass is 333 g/mol. The van der Waals surface area contributed by atoms with Crippen LogP contribution in [0.3, 0.4) is 0 Å². The molecule has 0 fully saturated rings. The van der Waals surface area contributed by atoms with Crippen molar-refractivity contribution in [3.05, 3.63) is 63.5 Å². The van der Waals surface area contributed by atoms with E-state index in [1.165, 1.54) is 4.88 Å². The molecular formula is C14H12BrN3S. The Morgan fingerprint density at radius 2 is 2.05 bits per heavy atom. The van der Waals surface area contributed by atoms with E-state index in [0.29, 0.717) is 0 Å². The van der Waals surface area contributed by atoms with Crippen LogP contribution >= 0.6 is 27.3 Å². The maximum atomic E-state index is 4.28. The summed E-state index contributed by atoms with van der Waals surface area (Å²) in [5, 5.41) is 7.74. The van der Waals surface area contributed by atoms with Crippen molar-refractivity contribution in [3.63, 3.8) is 0 Å². The molecule has 0 amide bonds. The third kappa shape index (κ3) is 2.88. The molecule has 0 spiro atoms. The lowest BCUT2D eigenvalue weighted by Crippen LogP contribution is -2.03. The number of halogens is 1. The van der Waals surface area contributed by atoms with E-state index in [1.54, 1.807) is 17.5 Å². The van der Waals surface area contributed by atoms with Crippen molar-refractivity contribution < 1.29 is 0 Å². The van der Waals surface area contributed by atoms with Crippen LogP contribution in [0.4, 0.5) is 5.69 Å². The van der Waals surface area contributed by atoms with Crippen molar-refractivity contribution in [1.29, 1.82) is 0 Å². The molecule has 96 valence electrons. The van der Waals surface area contributed by atoms with Crippen LogP contribution in [0.1, 0.15) is 4.88 Å². The van der Waals surface area contributed by atoms with Crippen LogP contribution in [0, 0.1) is 0 Å². The number of nitrogens with zero attached hydrogens (tertiary/aromatic N) is 2. The molecule has 5 heteroatoms. The zero-order valence-electron chi connectivity index (χ0n) is 10.1. The highest BCUT2D eigenvalue weighted by Crippen LogP contribution is 2.24. The molecule has 0 aliphatic carbocycles. The van der Waals surface area contributed by atoms with Gasteiger partial charge in [-0.05, 0) is 46.3 Å². The molecule has 1 aromatic carbocycles. The van der Waals surface area contributed by atoms with Gasteiger partial charge in [0.25, 0.3) is 0 Å². The van der Waals surface area contributed by atoms with E-state index in [2.05, 4.69) is 50.6 Å². The summed E-state index contributed by atoms with van der Waals surface area (Å²) in [4.78, 5) is 1.29. The second-order valence-corrected chi connectivity index (χ2v) is 6.57. The Morgan fingerprint density at radius 3 is 2.79 bits per heavy atom. The van der Waals surface area contributed by atoms with Crippen LogP contribution in [-0.2, 0) is 6.54 Å². The number of hydrogen-bond donors (Lipinski definition) is 1. The molecule has 0 aliphatic rings. The fraction of sp³-hybridized carbons (Fsp3) is 0.0714. The minimum atomic E-state index is 0.814. The maximum absolute atomic E-state index is 4.28. The Morgan fingerprint density at radius 1 is 1.16 bits per heavy atom. The van der Waals surface area contributed by atoms with Gasteiger partial charge in [-0.3, -0.25) is 0 Å². The molecule has 0 saturated heterocycles. The minimum absolute atomic E-state index is 0.814. The fourth-order valence-electron chi connectivity index (χ4n) is 1.86. The van der Waals surface area contributed by atoms with Gasteiger partial charge in [-0.1, -0.05) is 12.1 Å². The standard InChI is InChI=1S/C14H12BrN3S/c15-14-7-6-11(19-14)10-16-12-4-1-2-5-13(12)18-9-3-8-17-18/h1-9,16H,10H2. The van der Waals surface area contributed by atoms with Crippen molar-refractivity contribution in [2.75, 3.05) is 5.32 Å². The van der Waals surface area contributed by atoms with Crippen molar-refractivity contribution in [2.24, 2.45) is 0 Å². The molecule has 0 saturated carbocycles. The number of nitrogens with one attached hydrogen (secondary N) is 1. The van der Waals surface area contributed by atoms with Crippen LogP contribution in [-0.4, -0.2) is 9.78 Å². The molecule has 1 N–H and O–H groups in total. The van der Waals surface area contributed by atoms with E-state index >= 15 is 0 Å². The predicted octanol–water partition coefficient (Wildman–Crippen LogP) is 4.31. The van der Waals surface area contributed by atoms with Crippen LogP contribution in [0.25, 0.3) is 5.69 Å². The molecule has 3 rings (SSSR count). The first kappa shape index (κ1) is 12.4. The summed E-state index contributed by atoms with van der Waals surface area (Å²) in [6, 6.07) is 14.3. The van der Waals surface area contributed by atoms with Gasteiger partial charge in [0.1, 0.15) is 0 Å². The third-order valence-corrected chi connectivity index (χ3v) is 4.36. The van der Waals surface area contributed by atoms with Crippen LogP contribution in [0.15, 0.2) is 58.6 Å². The predicted molar refractivity (Wildman–Crippen MR) is 82.9 cm³/mol. The lowest BCUT2D eigenvalue weighted by molar-refractivity contribution is 0.879. The van der Waals surface area contributed by atoms with Gasteiger partial charge < -0.3 is 5.32 Å². The van der Waals surface area contributed by atoms with Crippen molar-refractivity contribution >= 4 is 33.0 Å². The summed E-state index contributed by atoms with van der Waals surface area (Å²) in [6.45, 7) is 0.814. The third-order valence-electron chi connectivity index (χ3n) is 2.74. The minimum Gasteiger partial charge on any atom is -0.378 e. The zero-order chi connectivity index (χ0) is 13.1. The molecule has 2 heterocycles. The Labute approximate surface area is 124 Å². The summed E-state index contributed by atoms with van der Waals surface area (Å²) in [7, 11) is 0. The molecule has 0 unspecified atom stereocenters. The summed E-state index contributed by atoms with van der Waals surface area (Å²) < 4.78 is 3.02. The first-order valence-corrected chi connectivity index (χ1v) is 7.51. The Kier molecular flexibility index (Phi) is 3.66. The molecule has 0 atom stereocenters. The first-order valence-electron chi connectivity index (χ1n) is 5.90. The van der Waals surface area contributed by atoms with Gasteiger partial charge in [-0.25, -0.2) is 4.68 Å². The van der Waals surface area contributed by atoms with Crippen LogP contribution in [0.5, 0.6) is 0 Å². The lowest BCUT2D eigenvalue weighted by atomic mass is 10.2. The summed E-state index contributed by atoms with van der Waals surface area (Å²) in [6.07, 6.45) is 3.73. The summed E-state index contributed by atoms with van der Waals surface area (Å²) >= 11 is 5.22. The second kappa shape index (κ2) is 5.59. The van der Waals surface area contributed by atoms with Crippen molar-refractivity contribution in [3.8, 4) is 5.69 Å². The topological polar surface area (TPSA) is 29.9 Å². The SMILES string of the molecule is Brc1ccc(CNc2ccccc2-n2cccn2)s1. The molecule has 0 aliphatic heterocycles. The van der Waals surface area contributed by atoms with Gasteiger partial charge in [0, 0.05) is 23.8 Å². The number of para-hydroxylation sites is 2. The average molecular weight is 334 g/mol. The van der Waals surface area contributed by atoms with Gasteiger partial charge in [0.15, 0.2) is 0 Å². The number of rotatable bonds is 4. The van der Waals surface area contributed by atoms with Gasteiger partial charge in [-0.2, -0.15) is 5.10 Å². The Bertz CT molecular complexity index is 661. The van der Waals surface area contributed by atoms with E-state index in [-0.39, 0.29) is 0 Å². The van der Waals surface area contributed by atoms with E-state index in [9.17, 15) is 0 Å². The molecule has 3 nitrogen and oxygen atoms in total. The first-order chi connectivity index (χ1) is 9.33. The summed E-state index contributed by atoms with van der Waals surface area (Å²) in [5.74, 6) is 0. The van der Waals surface area contributed by atoms with E-state index in [0.717, 1.165) is 21.7 Å². The average Bonchev–Trinajstić information content (AvgIpc) is 3.08. The van der Waals surface area contributed by atoms with Gasteiger partial charge in [0.2, 0.25) is 0 Å². The zero-order valence-corrected chi connectivity index (χ0v) is 12.5. The quantitative estimate of drug-likeness (QED) is 0.771. The number of thiophene rings is 1. The highest BCUT2D eigenvalue weighted by Gasteiger charge is 2.04. The maximum Gasteiger partial charge on any atom is 0.0876 e. The van der Waals surface area contributed by atoms with Crippen molar-refractivity contribution in [2.45, 2.75) is 6.54 Å². The highest BCUT2D eigenvalue weighted by atomic mass is 79.9. The van der Waals surface area contributed by atoms with E-state index < -0.39 is 0 Å². The largest absolute Gasteiger partial charge is 0.378 e. The molecule has 2 aromatic heterocycles. The second-order valence-electron chi connectivity index (χ2n) is 4.03. The number of anilines is 1. The van der Waals surface area contributed by atoms with E-state index in [4.69, 9.17) is 0 Å². The highest BCUT2D eigenvalue weighted by molar-refractivity contribution is 9.11. The summed E-state index contributed by atoms with van der Waals surface area (Å²) in [5.41, 5.74) is 2.14. The van der Waals surface area contributed by atoms with Crippen LogP contribution < -0.4 is 5.32 Å². The Balaban J connectivity index is 1.81. The van der Waals surface area contributed by atoms with Crippen LogP contribution in [0.2, 0.25) is 0 Å². The number of benzene rings is 1. The van der Waals surface area contributed by atoms with Gasteiger partial charge in [0.05, 0.1) is 15.2 Å². The van der Waals surface area contributed by atoms with E-state index in [1.807, 2.05) is 29.1 Å². The number of aromatic nitrogens is 2. The molecular weight excluding hydrogens is 322 g/mol. The fourth-order valence-corrected chi connectivity index (χ4v) is 3.29. The van der Waals surface area contributed by atoms with Crippen molar-refractivity contribution in [1.82, 2.24) is 9.78 Å². The lowest BCUT2D eigenvalue weighted by Gasteiger charge is -2.11. The molecule has 0 bridgehead atoms.